The van der Waals surface area contributed by atoms with E-state index < -0.39 is 0 Å². The Kier molecular flexibility index (Phi) is 5.36. The van der Waals surface area contributed by atoms with Crippen molar-refractivity contribution in [2.24, 2.45) is 0 Å². The molecule has 126 valence electrons. The summed E-state index contributed by atoms with van der Waals surface area (Å²) in [4.78, 5) is 16.2. The Hall–Kier alpha value is -3.21. The zero-order valence-corrected chi connectivity index (χ0v) is 14.0. The minimum absolute atomic E-state index is 0.151. The summed E-state index contributed by atoms with van der Waals surface area (Å²) in [5, 5.41) is 6.78. The van der Waals surface area contributed by atoms with Crippen LogP contribution in [0, 0.1) is 6.92 Å². The summed E-state index contributed by atoms with van der Waals surface area (Å²) in [5.41, 5.74) is 3.08. The predicted octanol–water partition coefficient (Wildman–Crippen LogP) is 3.42. The van der Waals surface area contributed by atoms with Gasteiger partial charge in [-0.25, -0.2) is 0 Å². The Balaban J connectivity index is 1.48. The van der Waals surface area contributed by atoms with Crippen molar-refractivity contribution >= 4 is 12.0 Å². The lowest BCUT2D eigenvalue weighted by Crippen LogP contribution is -2.23. The molecule has 0 saturated carbocycles. The quantitative estimate of drug-likeness (QED) is 0.702. The summed E-state index contributed by atoms with van der Waals surface area (Å²) in [6.45, 7) is 2.47. The number of rotatable bonds is 6. The lowest BCUT2D eigenvalue weighted by Gasteiger charge is -1.98. The third-order valence-corrected chi connectivity index (χ3v) is 3.64. The van der Waals surface area contributed by atoms with Crippen LogP contribution in [-0.2, 0) is 11.2 Å². The Morgan fingerprint density at radius 3 is 2.64 bits per heavy atom. The van der Waals surface area contributed by atoms with Gasteiger partial charge in [0.05, 0.1) is 0 Å². The van der Waals surface area contributed by atoms with Crippen molar-refractivity contribution in [1.29, 1.82) is 0 Å². The summed E-state index contributed by atoms with van der Waals surface area (Å²) >= 11 is 0. The van der Waals surface area contributed by atoms with Gasteiger partial charge in [0, 0.05) is 24.6 Å². The summed E-state index contributed by atoms with van der Waals surface area (Å²) in [7, 11) is 0. The first-order valence-electron chi connectivity index (χ1n) is 8.11. The molecule has 0 radical (unpaired) electrons. The highest BCUT2D eigenvalue weighted by Gasteiger charge is 2.08. The Labute approximate surface area is 146 Å². The second kappa shape index (κ2) is 8.06. The molecular weight excluding hydrogens is 314 g/mol. The number of aromatic nitrogens is 2. The molecule has 5 nitrogen and oxygen atoms in total. The van der Waals surface area contributed by atoms with E-state index in [1.165, 1.54) is 11.6 Å². The van der Waals surface area contributed by atoms with Crippen LogP contribution in [0.4, 0.5) is 0 Å². The third-order valence-electron chi connectivity index (χ3n) is 3.64. The molecule has 0 aliphatic heterocycles. The second-order valence-electron chi connectivity index (χ2n) is 5.66. The molecular formula is C20H19N3O2. The molecule has 0 saturated heterocycles. The number of amides is 1. The summed E-state index contributed by atoms with van der Waals surface area (Å²) < 4.78 is 5.23. The molecule has 1 heterocycles. The number of carbonyl (C=O) groups excluding carboxylic acids is 1. The average Bonchev–Trinajstić information content (AvgIpc) is 3.10. The predicted molar refractivity (Wildman–Crippen MR) is 96.7 cm³/mol. The van der Waals surface area contributed by atoms with Crippen LogP contribution >= 0.6 is 0 Å². The molecule has 1 aromatic heterocycles. The largest absolute Gasteiger partial charge is 0.352 e. The fourth-order valence-electron chi connectivity index (χ4n) is 2.26. The standard InChI is InChI=1S/C20H19N3O2/c1-15-7-10-17(11-8-15)20-22-19(25-23-20)13-14-21-18(24)12-9-16-5-3-2-4-6-16/h2-12H,13-14H2,1H3,(H,21,24). The molecule has 25 heavy (non-hydrogen) atoms. The smallest absolute Gasteiger partial charge is 0.244 e. The van der Waals surface area contributed by atoms with E-state index in [9.17, 15) is 4.79 Å². The summed E-state index contributed by atoms with van der Waals surface area (Å²) in [6.07, 6.45) is 3.78. The van der Waals surface area contributed by atoms with Crippen LogP contribution in [-0.4, -0.2) is 22.6 Å². The zero-order valence-electron chi connectivity index (χ0n) is 14.0. The number of nitrogens with one attached hydrogen (secondary N) is 1. The second-order valence-corrected chi connectivity index (χ2v) is 5.66. The van der Waals surface area contributed by atoms with Gasteiger partial charge in [0.15, 0.2) is 0 Å². The van der Waals surface area contributed by atoms with Crippen molar-refractivity contribution in [3.63, 3.8) is 0 Å². The molecule has 0 aliphatic rings. The molecule has 0 fully saturated rings. The molecule has 1 amide bonds. The third kappa shape index (κ3) is 4.88. The minimum atomic E-state index is -0.151. The van der Waals surface area contributed by atoms with Gasteiger partial charge in [-0.15, -0.1) is 0 Å². The van der Waals surface area contributed by atoms with Crippen LogP contribution in [0.15, 0.2) is 65.2 Å². The van der Waals surface area contributed by atoms with E-state index in [2.05, 4.69) is 15.5 Å². The normalized spacial score (nSPS) is 10.9. The Morgan fingerprint density at radius 1 is 1.12 bits per heavy atom. The molecule has 2 aromatic carbocycles. The van der Waals surface area contributed by atoms with Crippen LogP contribution < -0.4 is 5.32 Å². The Bertz CT molecular complexity index is 852. The van der Waals surface area contributed by atoms with Crippen molar-refractivity contribution < 1.29 is 9.32 Å². The number of nitrogens with zero attached hydrogens (tertiary/aromatic N) is 2. The summed E-state index contributed by atoms with van der Waals surface area (Å²) in [6, 6.07) is 17.6. The van der Waals surface area contributed by atoms with E-state index in [4.69, 9.17) is 4.52 Å². The first kappa shape index (κ1) is 16.6. The fourth-order valence-corrected chi connectivity index (χ4v) is 2.26. The lowest BCUT2D eigenvalue weighted by molar-refractivity contribution is -0.116. The summed E-state index contributed by atoms with van der Waals surface area (Å²) in [5.74, 6) is 0.912. The van der Waals surface area contributed by atoms with E-state index in [0.717, 1.165) is 11.1 Å². The maximum atomic E-state index is 11.8. The molecule has 3 aromatic rings. The number of hydrogen-bond acceptors (Lipinski definition) is 4. The number of hydrogen-bond donors (Lipinski definition) is 1. The lowest BCUT2D eigenvalue weighted by atomic mass is 10.1. The van der Waals surface area contributed by atoms with Crippen molar-refractivity contribution in [2.75, 3.05) is 6.54 Å². The topological polar surface area (TPSA) is 68.0 Å². The van der Waals surface area contributed by atoms with Gasteiger partial charge < -0.3 is 9.84 Å². The van der Waals surface area contributed by atoms with Crippen LogP contribution in [0.3, 0.4) is 0 Å². The van der Waals surface area contributed by atoms with Crippen LogP contribution in [0.5, 0.6) is 0 Å². The van der Waals surface area contributed by atoms with E-state index in [1.54, 1.807) is 6.08 Å². The number of carbonyl (C=O) groups is 1. The molecule has 5 heteroatoms. The first-order chi connectivity index (χ1) is 12.2. The van der Waals surface area contributed by atoms with Gasteiger partial charge in [-0.3, -0.25) is 4.79 Å². The van der Waals surface area contributed by atoms with Gasteiger partial charge in [0.1, 0.15) is 0 Å². The van der Waals surface area contributed by atoms with Crippen molar-refractivity contribution in [1.82, 2.24) is 15.5 Å². The van der Waals surface area contributed by atoms with Crippen molar-refractivity contribution in [2.45, 2.75) is 13.3 Å². The number of benzene rings is 2. The van der Waals surface area contributed by atoms with E-state index in [-0.39, 0.29) is 5.91 Å². The highest BCUT2D eigenvalue weighted by atomic mass is 16.5. The maximum Gasteiger partial charge on any atom is 0.244 e. The van der Waals surface area contributed by atoms with Crippen LogP contribution in [0.2, 0.25) is 0 Å². The van der Waals surface area contributed by atoms with Gasteiger partial charge in [-0.05, 0) is 18.6 Å². The fraction of sp³-hybridized carbons (Fsp3) is 0.150. The molecule has 1 N–H and O–H groups in total. The molecule has 3 rings (SSSR count). The highest BCUT2D eigenvalue weighted by Crippen LogP contribution is 2.16. The van der Waals surface area contributed by atoms with Crippen molar-refractivity contribution in [3.8, 4) is 11.4 Å². The van der Waals surface area contributed by atoms with Crippen molar-refractivity contribution in [3.05, 3.63) is 77.7 Å². The van der Waals surface area contributed by atoms with E-state index in [1.807, 2.05) is 61.5 Å². The van der Waals surface area contributed by atoms with Crippen LogP contribution in [0.25, 0.3) is 17.5 Å². The number of aryl methyl sites for hydroxylation is 1. The maximum absolute atomic E-state index is 11.8. The van der Waals surface area contributed by atoms with Gasteiger partial charge in [0.2, 0.25) is 17.6 Å². The SMILES string of the molecule is Cc1ccc(-c2noc(CCNC(=O)C=Cc3ccccc3)n2)cc1. The van der Waals surface area contributed by atoms with Gasteiger partial charge in [0.25, 0.3) is 0 Å². The molecule has 0 spiro atoms. The van der Waals surface area contributed by atoms with Gasteiger partial charge in [-0.1, -0.05) is 65.3 Å². The van der Waals surface area contributed by atoms with Crippen LogP contribution in [0.1, 0.15) is 17.0 Å². The average molecular weight is 333 g/mol. The molecule has 0 aliphatic carbocycles. The molecule has 0 unspecified atom stereocenters. The van der Waals surface area contributed by atoms with Gasteiger partial charge >= 0.3 is 0 Å². The molecule has 0 bridgehead atoms. The monoisotopic (exact) mass is 333 g/mol. The zero-order chi connectivity index (χ0) is 17.5. The first-order valence-corrected chi connectivity index (χ1v) is 8.11. The minimum Gasteiger partial charge on any atom is -0.352 e. The van der Waals surface area contributed by atoms with E-state index >= 15 is 0 Å². The molecule has 0 atom stereocenters. The highest BCUT2D eigenvalue weighted by molar-refractivity contribution is 5.91. The Morgan fingerprint density at radius 2 is 1.88 bits per heavy atom. The van der Waals surface area contributed by atoms with E-state index in [0.29, 0.717) is 24.7 Å². The van der Waals surface area contributed by atoms with Gasteiger partial charge in [-0.2, -0.15) is 4.98 Å².